The number of aromatic nitrogens is 1. The van der Waals surface area contributed by atoms with Crippen molar-refractivity contribution in [2.24, 2.45) is 0 Å². The number of halogens is 2. The lowest BCUT2D eigenvalue weighted by Crippen LogP contribution is -2.34. The Labute approximate surface area is 141 Å². The molecule has 0 saturated carbocycles. The zero-order valence-corrected chi connectivity index (χ0v) is 13.0. The number of hydrogen-bond donors (Lipinski definition) is 1. The number of benzene rings is 1. The topological polar surface area (TPSA) is 86.1 Å². The van der Waals surface area contributed by atoms with Gasteiger partial charge in [0, 0.05) is 13.1 Å². The molecule has 8 heteroatoms. The van der Waals surface area contributed by atoms with Gasteiger partial charge in [-0.1, -0.05) is 23.7 Å². The van der Waals surface area contributed by atoms with Crippen LogP contribution >= 0.6 is 11.6 Å². The molecule has 1 aromatic carbocycles. The minimum absolute atomic E-state index is 0.0467. The molecule has 0 spiro atoms. The second-order valence-electron chi connectivity index (χ2n) is 5.00. The molecule has 1 aliphatic rings. The second kappa shape index (κ2) is 6.26. The lowest BCUT2D eigenvalue weighted by molar-refractivity contribution is 0.0660. The van der Waals surface area contributed by atoms with Gasteiger partial charge in [0.25, 0.3) is 11.8 Å². The normalized spacial score (nSPS) is 13.0. The summed E-state index contributed by atoms with van der Waals surface area (Å²) in [6.07, 6.45) is 0. The molecule has 120 valence electrons. The molecule has 0 bridgehead atoms. The highest BCUT2D eigenvalue weighted by atomic mass is 35.5. The van der Waals surface area contributed by atoms with Crippen LogP contribution in [0.5, 0.6) is 0 Å². The van der Waals surface area contributed by atoms with Gasteiger partial charge in [-0.05, 0) is 18.2 Å². The highest BCUT2D eigenvalue weighted by Crippen LogP contribution is 2.22. The van der Waals surface area contributed by atoms with Crippen molar-refractivity contribution in [2.45, 2.75) is 0 Å². The number of anilines is 1. The van der Waals surface area contributed by atoms with Gasteiger partial charge in [0.2, 0.25) is 0 Å². The second-order valence-corrected chi connectivity index (χ2v) is 5.36. The summed E-state index contributed by atoms with van der Waals surface area (Å²) in [6.45, 7) is 0.142. The maximum atomic E-state index is 13.8. The number of pyridine rings is 1. The lowest BCUT2D eigenvalue weighted by Gasteiger charge is -2.14. The Bertz CT molecular complexity index is 859. The molecule has 2 aromatic rings. The van der Waals surface area contributed by atoms with Gasteiger partial charge < -0.3 is 5.32 Å². The molecule has 0 unspecified atom stereocenters. The summed E-state index contributed by atoms with van der Waals surface area (Å²) in [5.41, 5.74) is 0.640. The van der Waals surface area contributed by atoms with E-state index < -0.39 is 5.82 Å². The van der Waals surface area contributed by atoms with Crippen molar-refractivity contribution in [2.75, 3.05) is 18.4 Å². The fraction of sp³-hybridized carbons (Fsp3) is 0.125. The Morgan fingerprint density at radius 1 is 1.25 bits per heavy atom. The number of carbonyl (C=O) groups is 2. The maximum Gasteiger partial charge on any atom is 0.261 e. The molecule has 1 aromatic heterocycles. The first-order valence-corrected chi connectivity index (χ1v) is 7.36. The standard InChI is InChI=1S/C16H10ClFN4O2/c17-13-9(8-19)7-12(18)14(21-13)20-5-6-22-15(23)10-3-1-2-4-11(10)16(22)24/h1-4,7H,5-6H2,(H,20,21). The Morgan fingerprint density at radius 2 is 1.88 bits per heavy atom. The summed E-state index contributed by atoms with van der Waals surface area (Å²) < 4.78 is 13.8. The average molecular weight is 345 g/mol. The van der Waals surface area contributed by atoms with Gasteiger partial charge >= 0.3 is 0 Å². The first kappa shape index (κ1) is 15.9. The van der Waals surface area contributed by atoms with Crippen molar-refractivity contribution in [3.05, 3.63) is 58.0 Å². The van der Waals surface area contributed by atoms with Crippen LogP contribution in [0.4, 0.5) is 10.2 Å². The smallest absolute Gasteiger partial charge is 0.261 e. The van der Waals surface area contributed by atoms with Crippen LogP contribution in [0.2, 0.25) is 5.15 Å². The number of fused-ring (bicyclic) bond motifs is 1. The van der Waals surface area contributed by atoms with Crippen molar-refractivity contribution in [1.29, 1.82) is 5.26 Å². The fourth-order valence-electron chi connectivity index (χ4n) is 2.40. The van der Waals surface area contributed by atoms with Crippen LogP contribution in [-0.4, -0.2) is 34.8 Å². The number of amides is 2. The van der Waals surface area contributed by atoms with Gasteiger partial charge in [0.15, 0.2) is 11.6 Å². The molecule has 1 aliphatic heterocycles. The number of hydrogen-bond acceptors (Lipinski definition) is 5. The summed E-state index contributed by atoms with van der Waals surface area (Å²) in [4.78, 5) is 29.2. The fourth-order valence-corrected chi connectivity index (χ4v) is 2.58. The van der Waals surface area contributed by atoms with E-state index in [2.05, 4.69) is 10.3 Å². The molecule has 6 nitrogen and oxygen atoms in total. The van der Waals surface area contributed by atoms with E-state index in [1.807, 2.05) is 0 Å². The molecule has 2 heterocycles. The SMILES string of the molecule is N#Cc1cc(F)c(NCCN2C(=O)c3ccccc3C2=O)nc1Cl. The first-order valence-electron chi connectivity index (χ1n) is 6.98. The van der Waals surface area contributed by atoms with E-state index in [0.717, 1.165) is 11.0 Å². The Hall–Kier alpha value is -2.98. The van der Waals surface area contributed by atoms with Crippen LogP contribution in [-0.2, 0) is 0 Å². The predicted molar refractivity (Wildman–Crippen MR) is 84.2 cm³/mol. The Kier molecular flexibility index (Phi) is 4.15. The average Bonchev–Trinajstić information content (AvgIpc) is 2.83. The minimum atomic E-state index is -0.738. The van der Waals surface area contributed by atoms with Gasteiger partial charge in [-0.25, -0.2) is 9.37 Å². The summed E-state index contributed by atoms with van der Waals surface area (Å²) in [7, 11) is 0. The van der Waals surface area contributed by atoms with Crippen LogP contribution in [0, 0.1) is 17.1 Å². The van der Waals surface area contributed by atoms with Crippen LogP contribution in [0.1, 0.15) is 26.3 Å². The molecule has 0 atom stereocenters. The van der Waals surface area contributed by atoms with Gasteiger partial charge in [0.1, 0.15) is 11.2 Å². The quantitative estimate of drug-likeness (QED) is 0.680. The maximum absolute atomic E-state index is 13.8. The highest BCUT2D eigenvalue weighted by Gasteiger charge is 2.34. The van der Waals surface area contributed by atoms with Crippen molar-refractivity contribution in [3.8, 4) is 6.07 Å². The molecule has 0 saturated heterocycles. The van der Waals surface area contributed by atoms with Crippen LogP contribution in [0.25, 0.3) is 0 Å². The number of carbonyl (C=O) groups excluding carboxylic acids is 2. The third kappa shape index (κ3) is 2.68. The van der Waals surface area contributed by atoms with Crippen LogP contribution in [0.3, 0.4) is 0 Å². The predicted octanol–water partition coefficient (Wildman–Crippen LogP) is 2.45. The summed E-state index contributed by atoms with van der Waals surface area (Å²) >= 11 is 5.76. The van der Waals surface area contributed by atoms with Crippen LogP contribution < -0.4 is 5.32 Å². The van der Waals surface area contributed by atoms with E-state index in [4.69, 9.17) is 16.9 Å². The third-order valence-electron chi connectivity index (χ3n) is 3.56. The summed E-state index contributed by atoms with van der Waals surface area (Å²) in [6, 6.07) is 9.24. The number of nitrogens with zero attached hydrogens (tertiary/aromatic N) is 3. The van der Waals surface area contributed by atoms with E-state index in [1.54, 1.807) is 30.3 Å². The van der Waals surface area contributed by atoms with Gasteiger partial charge in [-0.2, -0.15) is 5.26 Å². The Morgan fingerprint density at radius 3 is 2.46 bits per heavy atom. The molecule has 2 amide bonds. The summed E-state index contributed by atoms with van der Waals surface area (Å²) in [5, 5.41) is 11.3. The monoisotopic (exact) mass is 344 g/mol. The lowest BCUT2D eigenvalue weighted by atomic mass is 10.1. The summed E-state index contributed by atoms with van der Waals surface area (Å²) in [5.74, 6) is -1.65. The molecular formula is C16H10ClFN4O2. The van der Waals surface area contributed by atoms with Gasteiger partial charge in [-0.3, -0.25) is 14.5 Å². The molecule has 1 N–H and O–H groups in total. The van der Waals surface area contributed by atoms with E-state index in [9.17, 15) is 14.0 Å². The zero-order chi connectivity index (χ0) is 17.3. The van der Waals surface area contributed by atoms with E-state index in [1.165, 1.54) is 0 Å². The molecule has 0 fully saturated rings. The largest absolute Gasteiger partial charge is 0.366 e. The zero-order valence-electron chi connectivity index (χ0n) is 12.2. The molecule has 0 radical (unpaired) electrons. The third-order valence-corrected chi connectivity index (χ3v) is 3.84. The molecular weight excluding hydrogens is 335 g/mol. The number of rotatable bonds is 4. The number of nitrogens with one attached hydrogen (secondary N) is 1. The number of imide groups is 1. The van der Waals surface area contributed by atoms with Crippen molar-refractivity contribution < 1.29 is 14.0 Å². The van der Waals surface area contributed by atoms with Crippen molar-refractivity contribution in [1.82, 2.24) is 9.88 Å². The molecule has 0 aliphatic carbocycles. The Balaban J connectivity index is 1.68. The molecule has 3 rings (SSSR count). The first-order chi connectivity index (χ1) is 11.5. The van der Waals surface area contributed by atoms with Crippen molar-refractivity contribution >= 4 is 29.2 Å². The van der Waals surface area contributed by atoms with Gasteiger partial charge in [0.05, 0.1) is 16.7 Å². The van der Waals surface area contributed by atoms with E-state index >= 15 is 0 Å². The van der Waals surface area contributed by atoms with Gasteiger partial charge in [-0.15, -0.1) is 0 Å². The van der Waals surface area contributed by atoms with Crippen LogP contribution in [0.15, 0.2) is 30.3 Å². The van der Waals surface area contributed by atoms with E-state index in [-0.39, 0.29) is 41.4 Å². The number of nitriles is 1. The van der Waals surface area contributed by atoms with E-state index in [0.29, 0.717) is 11.1 Å². The highest BCUT2D eigenvalue weighted by molar-refractivity contribution is 6.30. The minimum Gasteiger partial charge on any atom is -0.366 e. The van der Waals surface area contributed by atoms with Crippen molar-refractivity contribution in [3.63, 3.8) is 0 Å². The molecule has 24 heavy (non-hydrogen) atoms.